The molecule has 0 saturated heterocycles. The molecule has 0 aliphatic heterocycles. The Morgan fingerprint density at radius 3 is 2.51 bits per heavy atom. The van der Waals surface area contributed by atoms with E-state index in [-0.39, 0.29) is 24.5 Å². The molecule has 0 spiro atoms. The summed E-state index contributed by atoms with van der Waals surface area (Å²) in [5, 5.41) is 16.8. The molecule has 37 heavy (non-hydrogen) atoms. The van der Waals surface area contributed by atoms with Gasteiger partial charge in [-0.2, -0.15) is 4.98 Å². The Balaban J connectivity index is 1.41. The number of anilines is 3. The summed E-state index contributed by atoms with van der Waals surface area (Å²) in [4.78, 5) is 21.9. The lowest BCUT2D eigenvalue weighted by atomic mass is 9.64. The zero-order chi connectivity index (χ0) is 25.7. The highest BCUT2D eigenvalue weighted by Gasteiger charge is 2.46. The average Bonchev–Trinajstić information content (AvgIpc) is 2.92. The number of esters is 1. The summed E-state index contributed by atoms with van der Waals surface area (Å²) < 4.78 is 5.08. The van der Waals surface area contributed by atoms with E-state index in [1.165, 1.54) is 7.11 Å². The molecule has 3 N–H and O–H groups in total. The van der Waals surface area contributed by atoms with Gasteiger partial charge in [0.15, 0.2) is 0 Å². The fourth-order valence-corrected chi connectivity index (χ4v) is 5.05. The highest BCUT2D eigenvalue weighted by atomic mass is 16.5. The van der Waals surface area contributed by atoms with Crippen LogP contribution in [0.1, 0.15) is 31.2 Å². The highest BCUT2D eigenvalue weighted by Crippen LogP contribution is 2.45. The molecule has 2 aliphatic rings. The molecule has 5 rings (SSSR count). The van der Waals surface area contributed by atoms with Gasteiger partial charge in [-0.05, 0) is 37.0 Å². The van der Waals surface area contributed by atoms with Crippen LogP contribution >= 0.6 is 0 Å². The van der Waals surface area contributed by atoms with Crippen LogP contribution in [0.3, 0.4) is 0 Å². The third-order valence-corrected chi connectivity index (χ3v) is 7.33. The number of nitrogens with one attached hydrogen (secondary N) is 2. The van der Waals surface area contributed by atoms with E-state index in [9.17, 15) is 9.90 Å². The Morgan fingerprint density at radius 2 is 1.89 bits per heavy atom. The number of rotatable bonds is 9. The number of ether oxygens (including phenoxy) is 1. The predicted molar refractivity (Wildman–Crippen MR) is 146 cm³/mol. The number of allylic oxidation sites excluding steroid dienone is 3. The lowest BCUT2D eigenvalue weighted by Gasteiger charge is -2.39. The number of carbonyl (C=O) groups excluding carboxylic acids is 1. The molecule has 0 bridgehead atoms. The van der Waals surface area contributed by atoms with Crippen molar-refractivity contribution in [2.24, 2.45) is 5.92 Å². The summed E-state index contributed by atoms with van der Waals surface area (Å²) in [6.45, 7) is -0.0142. The summed E-state index contributed by atoms with van der Waals surface area (Å²) in [7, 11) is 1.45. The minimum atomic E-state index is -0.532. The van der Waals surface area contributed by atoms with E-state index in [4.69, 9.17) is 14.7 Å². The first-order valence-electron chi connectivity index (χ1n) is 12.7. The van der Waals surface area contributed by atoms with E-state index < -0.39 is 5.41 Å². The largest absolute Gasteiger partial charge is 0.468 e. The van der Waals surface area contributed by atoms with Gasteiger partial charge in [0, 0.05) is 23.2 Å². The number of methoxy groups -OCH3 is 1. The van der Waals surface area contributed by atoms with Gasteiger partial charge in [0.25, 0.3) is 0 Å². The highest BCUT2D eigenvalue weighted by molar-refractivity contribution is 5.84. The van der Waals surface area contributed by atoms with E-state index >= 15 is 0 Å². The van der Waals surface area contributed by atoms with Crippen LogP contribution in [0.15, 0.2) is 85.0 Å². The second kappa shape index (κ2) is 11.0. The second-order valence-electron chi connectivity index (χ2n) is 9.60. The number of carbonyl (C=O) groups is 1. The van der Waals surface area contributed by atoms with Crippen LogP contribution in [0.5, 0.6) is 0 Å². The van der Waals surface area contributed by atoms with Crippen molar-refractivity contribution in [3.05, 3.63) is 90.5 Å². The van der Waals surface area contributed by atoms with Crippen LogP contribution in [0.25, 0.3) is 11.3 Å². The fraction of sp³-hybridized carbons (Fsp3) is 0.300. The third kappa shape index (κ3) is 5.27. The monoisotopic (exact) mass is 496 g/mol. The number of hydrogen-bond donors (Lipinski definition) is 3. The molecule has 3 aromatic rings. The van der Waals surface area contributed by atoms with Crippen LogP contribution in [0, 0.1) is 5.92 Å². The van der Waals surface area contributed by atoms with Crippen molar-refractivity contribution in [3.63, 3.8) is 0 Å². The molecule has 0 amide bonds. The van der Waals surface area contributed by atoms with Gasteiger partial charge in [-0.1, -0.05) is 73.2 Å². The predicted octanol–water partition coefficient (Wildman–Crippen LogP) is 5.39. The lowest BCUT2D eigenvalue weighted by molar-refractivity contribution is -0.151. The maximum absolute atomic E-state index is 12.4. The van der Waals surface area contributed by atoms with E-state index in [1.54, 1.807) is 0 Å². The minimum absolute atomic E-state index is 0.0142. The van der Waals surface area contributed by atoms with Crippen molar-refractivity contribution in [1.29, 1.82) is 0 Å². The van der Waals surface area contributed by atoms with Gasteiger partial charge in [0.05, 0.1) is 30.9 Å². The molecule has 2 aliphatic carbocycles. The normalized spacial score (nSPS) is 18.5. The molecule has 190 valence electrons. The number of benzene rings is 2. The van der Waals surface area contributed by atoms with Crippen molar-refractivity contribution < 1.29 is 14.6 Å². The number of hydrogen-bond acceptors (Lipinski definition) is 7. The van der Waals surface area contributed by atoms with Crippen molar-refractivity contribution in [2.45, 2.75) is 37.1 Å². The Bertz CT molecular complexity index is 1280. The third-order valence-electron chi connectivity index (χ3n) is 7.33. The summed E-state index contributed by atoms with van der Waals surface area (Å²) in [5.41, 5.74) is 3.00. The first-order valence-corrected chi connectivity index (χ1v) is 12.7. The van der Waals surface area contributed by atoms with Crippen LogP contribution in [0.2, 0.25) is 0 Å². The maximum Gasteiger partial charge on any atom is 0.316 e. The maximum atomic E-state index is 12.4. The Labute approximate surface area is 217 Å². The van der Waals surface area contributed by atoms with Crippen LogP contribution < -0.4 is 10.6 Å². The molecule has 1 fully saturated rings. The molecule has 7 nitrogen and oxygen atoms in total. The van der Waals surface area contributed by atoms with Gasteiger partial charge in [0.2, 0.25) is 5.95 Å². The molecule has 7 heteroatoms. The number of aliphatic hydroxyl groups is 1. The molecule has 2 aromatic carbocycles. The zero-order valence-corrected chi connectivity index (χ0v) is 20.9. The Hall–Kier alpha value is -3.97. The van der Waals surface area contributed by atoms with Gasteiger partial charge < -0.3 is 20.5 Å². The smallest absolute Gasteiger partial charge is 0.316 e. The lowest BCUT2D eigenvalue weighted by Crippen LogP contribution is -2.43. The van der Waals surface area contributed by atoms with E-state index in [0.29, 0.717) is 11.8 Å². The summed E-state index contributed by atoms with van der Waals surface area (Å²) >= 11 is 0. The quantitative estimate of drug-likeness (QED) is 0.342. The van der Waals surface area contributed by atoms with Gasteiger partial charge in [-0.3, -0.25) is 4.79 Å². The Kier molecular flexibility index (Phi) is 7.32. The van der Waals surface area contributed by atoms with Crippen molar-refractivity contribution in [3.8, 4) is 11.3 Å². The SMILES string of the molecule is COC(=O)C1(c2ccc(Nc3nc(N[C@H](CO)C4C=CC=CC4)cc(-c4ccccc4)n3)cc2)CCC1. The summed E-state index contributed by atoms with van der Waals surface area (Å²) in [6.07, 6.45) is 11.7. The first-order chi connectivity index (χ1) is 18.1. The van der Waals surface area contributed by atoms with E-state index in [1.807, 2.05) is 72.8 Å². The first kappa shape index (κ1) is 24.7. The minimum Gasteiger partial charge on any atom is -0.468 e. The molecule has 1 aromatic heterocycles. The summed E-state index contributed by atoms with van der Waals surface area (Å²) in [6, 6.07) is 19.5. The van der Waals surface area contributed by atoms with Crippen molar-refractivity contribution in [1.82, 2.24) is 9.97 Å². The molecule has 1 unspecified atom stereocenters. The molecule has 2 atom stereocenters. The van der Waals surface area contributed by atoms with Crippen LogP contribution in [0.4, 0.5) is 17.5 Å². The fourth-order valence-electron chi connectivity index (χ4n) is 5.05. The van der Waals surface area contributed by atoms with Gasteiger partial charge in [-0.25, -0.2) is 4.98 Å². The van der Waals surface area contributed by atoms with Gasteiger partial charge in [-0.15, -0.1) is 0 Å². The zero-order valence-electron chi connectivity index (χ0n) is 20.9. The van der Waals surface area contributed by atoms with Crippen LogP contribution in [-0.4, -0.2) is 40.8 Å². The molecular weight excluding hydrogens is 464 g/mol. The number of nitrogens with zero attached hydrogens (tertiary/aromatic N) is 2. The molecule has 1 saturated carbocycles. The van der Waals surface area contributed by atoms with Crippen molar-refractivity contribution in [2.75, 3.05) is 24.4 Å². The second-order valence-corrected chi connectivity index (χ2v) is 9.60. The molecular formula is C30H32N4O3. The van der Waals surface area contributed by atoms with E-state index in [0.717, 1.165) is 48.2 Å². The number of aliphatic hydroxyl groups excluding tert-OH is 1. The standard InChI is InChI=1S/C30H32N4O3/c1-37-28(36)30(17-8-18-30)23-13-15-24(16-14-23)31-29-33-25(21-9-4-2-5-10-21)19-27(34-29)32-26(20-35)22-11-6-3-7-12-22/h2-7,9-11,13-16,19,22,26,35H,8,12,17-18,20H2,1H3,(H2,31,32,33,34)/t22?,26-/m1/s1. The average molecular weight is 497 g/mol. The van der Waals surface area contributed by atoms with Gasteiger partial charge >= 0.3 is 5.97 Å². The summed E-state index contributed by atoms with van der Waals surface area (Å²) in [5.74, 6) is 1.08. The van der Waals surface area contributed by atoms with Gasteiger partial charge in [0.1, 0.15) is 5.82 Å². The van der Waals surface area contributed by atoms with Crippen molar-refractivity contribution >= 4 is 23.4 Å². The number of aromatic nitrogens is 2. The van der Waals surface area contributed by atoms with Crippen LogP contribution in [-0.2, 0) is 14.9 Å². The molecule has 1 heterocycles. The topological polar surface area (TPSA) is 96.4 Å². The Morgan fingerprint density at radius 1 is 1.11 bits per heavy atom. The van der Waals surface area contributed by atoms with E-state index in [2.05, 4.69) is 22.8 Å². The molecule has 0 radical (unpaired) electrons.